The van der Waals surface area contributed by atoms with Crippen LogP contribution in [0.5, 0.6) is 0 Å². The zero-order valence-corrected chi connectivity index (χ0v) is 16.5. The normalized spacial score (nSPS) is 20.0. The van der Waals surface area contributed by atoms with Gasteiger partial charge in [-0.05, 0) is 50.8 Å². The highest BCUT2D eigenvalue weighted by atomic mass is 32.2. The Kier molecular flexibility index (Phi) is 6.33. The lowest BCUT2D eigenvalue weighted by Crippen LogP contribution is -2.41. The second-order valence-corrected chi connectivity index (χ2v) is 9.40. The maximum absolute atomic E-state index is 11.9. The standard InChI is InChI=1S/C18H28N4O4S/c1-19-27(25,26)16-6-7-17(18(12-16)22(23)24)20-15-8-10-21(11-9-15)13-14-4-2-3-5-14/h6-7,12,14-15,19-20H,2-5,8-11,13H2,1H3. The van der Waals surface area contributed by atoms with E-state index in [9.17, 15) is 18.5 Å². The molecule has 2 aliphatic rings. The number of piperidine rings is 1. The molecule has 0 amide bonds. The largest absolute Gasteiger partial charge is 0.377 e. The van der Waals surface area contributed by atoms with Crippen LogP contribution in [0.2, 0.25) is 0 Å². The molecule has 150 valence electrons. The van der Waals surface area contributed by atoms with Gasteiger partial charge in [-0.15, -0.1) is 0 Å². The van der Waals surface area contributed by atoms with Crippen molar-refractivity contribution in [2.45, 2.75) is 49.5 Å². The molecule has 3 rings (SSSR count). The fraction of sp³-hybridized carbons (Fsp3) is 0.667. The van der Waals surface area contributed by atoms with Crippen LogP contribution in [-0.2, 0) is 10.0 Å². The minimum atomic E-state index is -3.71. The summed E-state index contributed by atoms with van der Waals surface area (Å²) in [5.74, 6) is 0.831. The van der Waals surface area contributed by atoms with Gasteiger partial charge in [0, 0.05) is 31.7 Å². The summed E-state index contributed by atoms with van der Waals surface area (Å²) in [6.45, 7) is 3.16. The van der Waals surface area contributed by atoms with Crippen LogP contribution >= 0.6 is 0 Å². The van der Waals surface area contributed by atoms with Gasteiger partial charge in [-0.2, -0.15) is 0 Å². The Morgan fingerprint density at radius 1 is 1.19 bits per heavy atom. The van der Waals surface area contributed by atoms with Gasteiger partial charge < -0.3 is 10.2 Å². The van der Waals surface area contributed by atoms with Crippen molar-refractivity contribution in [3.8, 4) is 0 Å². The van der Waals surface area contributed by atoms with Crippen LogP contribution in [-0.4, -0.2) is 51.0 Å². The molecule has 1 aromatic rings. The van der Waals surface area contributed by atoms with E-state index in [4.69, 9.17) is 0 Å². The highest BCUT2D eigenvalue weighted by molar-refractivity contribution is 7.89. The van der Waals surface area contributed by atoms with Gasteiger partial charge >= 0.3 is 0 Å². The van der Waals surface area contributed by atoms with Crippen molar-refractivity contribution in [2.24, 2.45) is 5.92 Å². The smallest absolute Gasteiger partial charge is 0.293 e. The molecule has 0 unspecified atom stereocenters. The third-order valence-electron chi connectivity index (χ3n) is 5.68. The second kappa shape index (κ2) is 8.53. The molecule has 1 saturated heterocycles. The molecule has 1 aliphatic carbocycles. The van der Waals surface area contributed by atoms with Gasteiger partial charge in [0.25, 0.3) is 5.69 Å². The number of likely N-dealkylation sites (tertiary alicyclic amines) is 1. The summed E-state index contributed by atoms with van der Waals surface area (Å²) in [5.41, 5.74) is 0.170. The van der Waals surface area contributed by atoms with E-state index in [0.29, 0.717) is 5.69 Å². The molecule has 0 atom stereocenters. The number of sulfonamides is 1. The van der Waals surface area contributed by atoms with Crippen LogP contribution < -0.4 is 10.0 Å². The van der Waals surface area contributed by atoms with Gasteiger partial charge in [0.1, 0.15) is 5.69 Å². The number of nitrogens with zero attached hydrogens (tertiary/aromatic N) is 2. The van der Waals surface area contributed by atoms with Crippen LogP contribution in [0, 0.1) is 16.0 Å². The zero-order valence-electron chi connectivity index (χ0n) is 15.7. The van der Waals surface area contributed by atoms with E-state index in [0.717, 1.165) is 37.9 Å². The van der Waals surface area contributed by atoms with Crippen molar-refractivity contribution in [2.75, 3.05) is 32.0 Å². The highest BCUT2D eigenvalue weighted by Gasteiger charge is 2.26. The van der Waals surface area contributed by atoms with Crippen molar-refractivity contribution < 1.29 is 13.3 Å². The van der Waals surface area contributed by atoms with Gasteiger partial charge in [-0.25, -0.2) is 13.1 Å². The Labute approximate surface area is 160 Å². The van der Waals surface area contributed by atoms with Gasteiger partial charge in [-0.3, -0.25) is 10.1 Å². The van der Waals surface area contributed by atoms with E-state index in [2.05, 4.69) is 14.9 Å². The van der Waals surface area contributed by atoms with Crippen LogP contribution in [0.15, 0.2) is 23.1 Å². The molecule has 1 aromatic carbocycles. The fourth-order valence-corrected chi connectivity index (χ4v) is 4.86. The Hall–Kier alpha value is -1.71. The summed E-state index contributed by atoms with van der Waals surface area (Å²) in [5, 5.41) is 14.7. The summed E-state index contributed by atoms with van der Waals surface area (Å²) >= 11 is 0. The first-order valence-electron chi connectivity index (χ1n) is 9.60. The van der Waals surface area contributed by atoms with Crippen molar-refractivity contribution in [3.05, 3.63) is 28.3 Å². The molecular formula is C18H28N4O4S. The summed E-state index contributed by atoms with van der Waals surface area (Å²) in [4.78, 5) is 13.3. The lowest BCUT2D eigenvalue weighted by molar-refractivity contribution is -0.384. The van der Waals surface area contributed by atoms with E-state index < -0.39 is 14.9 Å². The third kappa shape index (κ3) is 4.97. The van der Waals surface area contributed by atoms with Crippen LogP contribution in [0.1, 0.15) is 38.5 Å². The number of hydrogen-bond donors (Lipinski definition) is 2. The van der Waals surface area contributed by atoms with Gasteiger partial charge in [0.2, 0.25) is 10.0 Å². The predicted octanol–water partition coefficient (Wildman–Crippen LogP) is 2.57. The Morgan fingerprint density at radius 2 is 1.85 bits per heavy atom. The van der Waals surface area contributed by atoms with Crippen molar-refractivity contribution in [1.29, 1.82) is 0 Å². The molecule has 1 saturated carbocycles. The topological polar surface area (TPSA) is 105 Å². The number of benzene rings is 1. The maximum atomic E-state index is 11.9. The Balaban J connectivity index is 1.63. The lowest BCUT2D eigenvalue weighted by atomic mass is 10.0. The van der Waals surface area contributed by atoms with Gasteiger partial charge in [-0.1, -0.05) is 12.8 Å². The van der Waals surface area contributed by atoms with E-state index >= 15 is 0 Å². The molecule has 0 spiro atoms. The number of anilines is 1. The van der Waals surface area contributed by atoms with E-state index in [1.54, 1.807) is 0 Å². The van der Waals surface area contributed by atoms with Gasteiger partial charge in [0.15, 0.2) is 0 Å². The average Bonchev–Trinajstić information content (AvgIpc) is 3.16. The first kappa shape index (κ1) is 20.0. The summed E-state index contributed by atoms with van der Waals surface area (Å²) < 4.78 is 26.0. The highest BCUT2D eigenvalue weighted by Crippen LogP contribution is 2.30. The molecular weight excluding hydrogens is 368 g/mol. The summed E-state index contributed by atoms with van der Waals surface area (Å²) in [7, 11) is -2.43. The van der Waals surface area contributed by atoms with E-state index in [1.807, 2.05) is 0 Å². The summed E-state index contributed by atoms with van der Waals surface area (Å²) in [6, 6.07) is 4.17. The number of nitrogens with one attached hydrogen (secondary N) is 2. The number of nitro benzene ring substituents is 1. The zero-order chi connectivity index (χ0) is 19.4. The van der Waals surface area contributed by atoms with Gasteiger partial charge in [0.05, 0.1) is 9.82 Å². The maximum Gasteiger partial charge on any atom is 0.293 e. The van der Waals surface area contributed by atoms with E-state index in [1.165, 1.54) is 51.4 Å². The molecule has 2 fully saturated rings. The van der Waals surface area contributed by atoms with Crippen molar-refractivity contribution in [3.63, 3.8) is 0 Å². The predicted molar refractivity (Wildman–Crippen MR) is 104 cm³/mol. The first-order chi connectivity index (χ1) is 12.9. The average molecular weight is 397 g/mol. The van der Waals surface area contributed by atoms with Crippen molar-refractivity contribution >= 4 is 21.4 Å². The summed E-state index contributed by atoms with van der Waals surface area (Å²) in [6.07, 6.45) is 7.25. The molecule has 1 heterocycles. The third-order valence-corrected chi connectivity index (χ3v) is 7.10. The molecule has 0 bridgehead atoms. The molecule has 0 aromatic heterocycles. The molecule has 27 heavy (non-hydrogen) atoms. The minimum absolute atomic E-state index is 0.103. The Morgan fingerprint density at radius 3 is 2.44 bits per heavy atom. The van der Waals surface area contributed by atoms with E-state index in [-0.39, 0.29) is 16.6 Å². The lowest BCUT2D eigenvalue weighted by Gasteiger charge is -2.34. The fourth-order valence-electron chi connectivity index (χ4n) is 4.11. The first-order valence-corrected chi connectivity index (χ1v) is 11.1. The second-order valence-electron chi connectivity index (χ2n) is 7.51. The molecule has 2 N–H and O–H groups in total. The Bertz CT molecular complexity index is 770. The number of nitro groups is 1. The monoisotopic (exact) mass is 396 g/mol. The number of hydrogen-bond acceptors (Lipinski definition) is 6. The quantitative estimate of drug-likeness (QED) is 0.542. The van der Waals surface area contributed by atoms with Crippen LogP contribution in [0.3, 0.4) is 0 Å². The SMILES string of the molecule is CNS(=O)(=O)c1ccc(NC2CCN(CC3CCCC3)CC2)c([N+](=O)[O-])c1. The number of rotatable bonds is 7. The molecule has 0 radical (unpaired) electrons. The molecule has 8 nitrogen and oxygen atoms in total. The van der Waals surface area contributed by atoms with Crippen LogP contribution in [0.4, 0.5) is 11.4 Å². The molecule has 1 aliphatic heterocycles. The van der Waals surface area contributed by atoms with Crippen molar-refractivity contribution in [1.82, 2.24) is 9.62 Å². The molecule has 9 heteroatoms. The van der Waals surface area contributed by atoms with Crippen LogP contribution in [0.25, 0.3) is 0 Å². The minimum Gasteiger partial charge on any atom is -0.377 e.